The van der Waals surface area contributed by atoms with Crippen LogP contribution >= 0.6 is 0 Å². The molecule has 0 aromatic heterocycles. The van der Waals surface area contributed by atoms with E-state index in [4.69, 9.17) is 18.9 Å². The maximum atomic E-state index is 13.2. The van der Waals surface area contributed by atoms with E-state index in [0.717, 1.165) is 16.7 Å². The molecule has 0 heterocycles. The fourth-order valence-electron chi connectivity index (χ4n) is 3.63. The number of carbonyl (C=O) groups is 1. The van der Waals surface area contributed by atoms with Crippen molar-refractivity contribution in [2.75, 3.05) is 28.4 Å². The van der Waals surface area contributed by atoms with Crippen LogP contribution in [0.2, 0.25) is 0 Å². The molecule has 0 bridgehead atoms. The molecule has 0 spiro atoms. The summed E-state index contributed by atoms with van der Waals surface area (Å²) in [5.74, 6) is 1.65. The number of ketones is 1. The van der Waals surface area contributed by atoms with E-state index in [1.807, 2.05) is 33.8 Å². The molecule has 2 aromatic rings. The van der Waals surface area contributed by atoms with Crippen molar-refractivity contribution in [1.29, 1.82) is 0 Å². The van der Waals surface area contributed by atoms with Crippen LogP contribution in [-0.4, -0.2) is 39.3 Å². The van der Waals surface area contributed by atoms with Gasteiger partial charge in [-0.15, -0.1) is 0 Å². The first-order valence-corrected chi connectivity index (χ1v) is 11.4. The second-order valence-electron chi connectivity index (χ2n) is 8.57. The van der Waals surface area contributed by atoms with Crippen molar-refractivity contribution < 1.29 is 28.8 Å². The lowest BCUT2D eigenvalue weighted by atomic mass is 9.94. The maximum Gasteiger partial charge on any atom is 0.203 e. The number of allylic oxidation sites excluding steroid dienone is 5. The third-order valence-electron chi connectivity index (χ3n) is 5.45. The van der Waals surface area contributed by atoms with E-state index >= 15 is 0 Å². The van der Waals surface area contributed by atoms with Crippen molar-refractivity contribution in [2.45, 2.75) is 40.5 Å². The third kappa shape index (κ3) is 6.92. The summed E-state index contributed by atoms with van der Waals surface area (Å²) in [6, 6.07) is 5.21. The topological polar surface area (TPSA) is 74.2 Å². The molecule has 0 atom stereocenters. The number of phenols is 1. The van der Waals surface area contributed by atoms with Gasteiger partial charge in [0.15, 0.2) is 17.3 Å². The zero-order chi connectivity index (χ0) is 26.1. The Labute approximate surface area is 208 Å². The lowest BCUT2D eigenvalue weighted by Gasteiger charge is -2.17. The molecule has 0 aliphatic heterocycles. The summed E-state index contributed by atoms with van der Waals surface area (Å²) < 4.78 is 21.8. The zero-order valence-corrected chi connectivity index (χ0v) is 21.9. The summed E-state index contributed by atoms with van der Waals surface area (Å²) in [5.41, 5.74) is 4.61. The van der Waals surface area contributed by atoms with Crippen molar-refractivity contribution in [3.8, 4) is 28.7 Å². The molecule has 188 valence electrons. The lowest BCUT2D eigenvalue weighted by Crippen LogP contribution is -2.04. The van der Waals surface area contributed by atoms with Crippen molar-refractivity contribution in [1.82, 2.24) is 0 Å². The molecule has 0 radical (unpaired) electrons. The number of methoxy groups -OCH3 is 4. The summed E-state index contributed by atoms with van der Waals surface area (Å²) in [5, 5.41) is 11.1. The van der Waals surface area contributed by atoms with Gasteiger partial charge in [0, 0.05) is 5.56 Å². The third-order valence-corrected chi connectivity index (χ3v) is 5.45. The highest BCUT2D eigenvalue weighted by molar-refractivity contribution is 6.09. The van der Waals surface area contributed by atoms with E-state index in [-0.39, 0.29) is 17.1 Å². The van der Waals surface area contributed by atoms with Crippen LogP contribution in [-0.2, 0) is 12.8 Å². The van der Waals surface area contributed by atoms with E-state index < -0.39 is 0 Å². The van der Waals surface area contributed by atoms with E-state index in [1.165, 1.54) is 27.4 Å². The summed E-state index contributed by atoms with van der Waals surface area (Å²) in [6.07, 6.45) is 8.20. The van der Waals surface area contributed by atoms with Crippen molar-refractivity contribution in [3.05, 3.63) is 69.8 Å². The van der Waals surface area contributed by atoms with E-state index in [2.05, 4.69) is 6.08 Å². The normalized spacial score (nSPS) is 10.6. The Morgan fingerprint density at radius 2 is 1.34 bits per heavy atom. The van der Waals surface area contributed by atoms with Gasteiger partial charge in [-0.3, -0.25) is 4.79 Å². The Balaban J connectivity index is 2.58. The summed E-state index contributed by atoms with van der Waals surface area (Å²) in [7, 11) is 6.19. The fraction of sp³-hybridized carbons (Fsp3) is 0.345. The fourth-order valence-corrected chi connectivity index (χ4v) is 3.63. The van der Waals surface area contributed by atoms with Gasteiger partial charge in [-0.2, -0.15) is 0 Å². The molecule has 0 saturated heterocycles. The second-order valence-corrected chi connectivity index (χ2v) is 8.57. The predicted octanol–water partition coefficient (Wildman–Crippen LogP) is 6.34. The number of hydrogen-bond donors (Lipinski definition) is 1. The molecular weight excluding hydrogens is 444 g/mol. The average Bonchev–Trinajstić information content (AvgIpc) is 2.84. The second kappa shape index (κ2) is 12.7. The lowest BCUT2D eigenvalue weighted by molar-refractivity contribution is 0.104. The van der Waals surface area contributed by atoms with Gasteiger partial charge in [0.05, 0.1) is 34.0 Å². The van der Waals surface area contributed by atoms with Crippen LogP contribution in [0.3, 0.4) is 0 Å². The maximum absolute atomic E-state index is 13.2. The van der Waals surface area contributed by atoms with Gasteiger partial charge in [0.2, 0.25) is 5.75 Å². The van der Waals surface area contributed by atoms with E-state index in [0.29, 0.717) is 47.0 Å². The van der Waals surface area contributed by atoms with Crippen LogP contribution in [0.1, 0.15) is 54.7 Å². The van der Waals surface area contributed by atoms with Gasteiger partial charge in [0.1, 0.15) is 11.5 Å². The van der Waals surface area contributed by atoms with Crippen molar-refractivity contribution >= 4 is 11.9 Å². The summed E-state index contributed by atoms with van der Waals surface area (Å²) in [6.45, 7) is 8.01. The first kappa shape index (κ1) is 27.6. The molecule has 0 amide bonds. The Morgan fingerprint density at radius 1 is 0.800 bits per heavy atom. The minimum Gasteiger partial charge on any atom is -0.507 e. The van der Waals surface area contributed by atoms with Gasteiger partial charge in [-0.1, -0.05) is 29.4 Å². The molecule has 6 heteroatoms. The number of aromatic hydroxyl groups is 1. The molecule has 0 saturated carbocycles. The Kier molecular flexibility index (Phi) is 10.0. The Hall–Kier alpha value is -3.67. The van der Waals surface area contributed by atoms with Gasteiger partial charge in [-0.05, 0) is 75.9 Å². The molecule has 1 N–H and O–H groups in total. The van der Waals surface area contributed by atoms with Gasteiger partial charge >= 0.3 is 0 Å². The molecule has 0 fully saturated rings. The Bertz CT molecular complexity index is 1120. The van der Waals surface area contributed by atoms with Crippen molar-refractivity contribution in [2.24, 2.45) is 0 Å². The van der Waals surface area contributed by atoms with Crippen LogP contribution in [0.5, 0.6) is 28.7 Å². The SMILES string of the molecule is COc1cc(/C=C/C(=O)c2cc(CC=C(C)C)c(OC)c(CC=C(C)C)c2O)cc(OC)c1OC. The first-order valence-electron chi connectivity index (χ1n) is 11.4. The van der Waals surface area contributed by atoms with Gasteiger partial charge in [0.25, 0.3) is 0 Å². The monoisotopic (exact) mass is 480 g/mol. The molecule has 0 aliphatic rings. The number of rotatable bonds is 11. The predicted molar refractivity (Wildman–Crippen MR) is 140 cm³/mol. The standard InChI is InChI=1S/C29H36O6/c1-18(2)9-12-21-17-23(27(31)22(28(21)34-7)13-10-19(3)4)24(30)14-11-20-15-25(32-5)29(35-8)26(16-20)33-6/h9-11,14-17,31H,12-13H2,1-8H3/b14-11+. The highest BCUT2D eigenvalue weighted by atomic mass is 16.5. The summed E-state index contributed by atoms with van der Waals surface area (Å²) >= 11 is 0. The van der Waals surface area contributed by atoms with Crippen LogP contribution in [0, 0.1) is 0 Å². The van der Waals surface area contributed by atoms with Gasteiger partial charge in [-0.25, -0.2) is 0 Å². The molecule has 2 rings (SSSR count). The molecule has 0 aliphatic carbocycles. The molecule has 0 unspecified atom stereocenters. The molecule has 35 heavy (non-hydrogen) atoms. The zero-order valence-electron chi connectivity index (χ0n) is 21.9. The molecular formula is C29H36O6. The van der Waals surface area contributed by atoms with Crippen LogP contribution in [0.25, 0.3) is 6.08 Å². The molecule has 2 aromatic carbocycles. The van der Waals surface area contributed by atoms with Crippen molar-refractivity contribution in [3.63, 3.8) is 0 Å². The minimum atomic E-state index is -0.323. The number of phenolic OH excluding ortho intramolecular Hbond substituents is 1. The highest BCUT2D eigenvalue weighted by Crippen LogP contribution is 2.39. The highest BCUT2D eigenvalue weighted by Gasteiger charge is 2.21. The smallest absolute Gasteiger partial charge is 0.203 e. The molecule has 6 nitrogen and oxygen atoms in total. The van der Waals surface area contributed by atoms with Crippen LogP contribution in [0.4, 0.5) is 0 Å². The van der Waals surface area contributed by atoms with Crippen LogP contribution < -0.4 is 18.9 Å². The number of benzene rings is 2. The number of hydrogen-bond acceptors (Lipinski definition) is 6. The quantitative estimate of drug-likeness (QED) is 0.230. The number of ether oxygens (including phenoxy) is 4. The van der Waals surface area contributed by atoms with E-state index in [1.54, 1.807) is 31.4 Å². The number of carbonyl (C=O) groups excluding carboxylic acids is 1. The van der Waals surface area contributed by atoms with Crippen LogP contribution in [0.15, 0.2) is 47.6 Å². The van der Waals surface area contributed by atoms with E-state index in [9.17, 15) is 9.90 Å². The van der Waals surface area contributed by atoms with Gasteiger partial charge < -0.3 is 24.1 Å². The Morgan fingerprint density at radius 3 is 1.83 bits per heavy atom. The first-order chi connectivity index (χ1) is 16.7. The average molecular weight is 481 g/mol. The minimum absolute atomic E-state index is 0.0696. The largest absolute Gasteiger partial charge is 0.507 e. The summed E-state index contributed by atoms with van der Waals surface area (Å²) in [4.78, 5) is 13.2.